The fourth-order valence-electron chi connectivity index (χ4n) is 3.66. The number of H-pyrrole nitrogens is 1. The van der Waals surface area contributed by atoms with Crippen LogP contribution < -0.4 is 5.32 Å². The van der Waals surface area contributed by atoms with Crippen LogP contribution in [0.4, 0.5) is 10.1 Å². The van der Waals surface area contributed by atoms with E-state index in [1.165, 1.54) is 17.7 Å². The number of nitrogens with one attached hydrogen (secondary N) is 2. The number of halogens is 1. The molecule has 0 aliphatic rings. The molecular weight excluding hydrogens is 407 g/mol. The third-order valence-corrected chi connectivity index (χ3v) is 5.37. The first-order valence-corrected chi connectivity index (χ1v) is 10.6. The number of oxazole rings is 1. The van der Waals surface area contributed by atoms with Gasteiger partial charge in [0.1, 0.15) is 17.8 Å². The molecule has 5 aromatic rings. The van der Waals surface area contributed by atoms with Crippen molar-refractivity contribution in [2.45, 2.75) is 32.4 Å². The molecule has 0 saturated heterocycles. The fraction of sp³-hybridized carbons (Fsp3) is 0.208. The van der Waals surface area contributed by atoms with Crippen LogP contribution in [0.25, 0.3) is 22.5 Å². The summed E-state index contributed by atoms with van der Waals surface area (Å²) < 4.78 is 20.9. The zero-order valence-corrected chi connectivity index (χ0v) is 17.5. The van der Waals surface area contributed by atoms with Gasteiger partial charge in [0.05, 0.1) is 18.4 Å². The van der Waals surface area contributed by atoms with Crippen LogP contribution >= 0.6 is 0 Å². The molecule has 8 heteroatoms. The molecule has 0 fully saturated rings. The molecule has 3 aromatic heterocycles. The zero-order chi connectivity index (χ0) is 21.8. The summed E-state index contributed by atoms with van der Waals surface area (Å²) in [5.74, 6) is 0.209. The summed E-state index contributed by atoms with van der Waals surface area (Å²) in [6.45, 7) is 1.45. The first kappa shape index (κ1) is 20.0. The third-order valence-electron chi connectivity index (χ3n) is 5.37. The molecule has 0 spiro atoms. The number of aryl methyl sites for hydroxylation is 2. The number of unbranched alkanes of at least 4 members (excludes halogenated alkanes) is 1. The Morgan fingerprint density at radius 3 is 2.81 bits per heavy atom. The van der Waals surface area contributed by atoms with Crippen LogP contribution in [0.5, 0.6) is 0 Å². The summed E-state index contributed by atoms with van der Waals surface area (Å²) in [5.41, 5.74) is 4.58. The summed E-state index contributed by atoms with van der Waals surface area (Å²) in [6, 6.07) is 15.0. The molecular formula is C24H23FN6O. The zero-order valence-electron chi connectivity index (χ0n) is 17.5. The Hall–Kier alpha value is -3.94. The van der Waals surface area contributed by atoms with E-state index in [4.69, 9.17) is 4.42 Å². The number of anilines is 1. The number of aromatic amines is 1. The van der Waals surface area contributed by atoms with Crippen molar-refractivity contribution in [2.75, 3.05) is 5.32 Å². The molecule has 2 N–H and O–H groups in total. The van der Waals surface area contributed by atoms with Crippen LogP contribution in [0.1, 0.15) is 24.1 Å². The molecule has 0 amide bonds. The van der Waals surface area contributed by atoms with Crippen molar-refractivity contribution in [3.8, 4) is 11.6 Å². The first-order valence-electron chi connectivity index (χ1n) is 10.6. The monoisotopic (exact) mass is 430 g/mol. The first-order chi connectivity index (χ1) is 15.7. The fourth-order valence-corrected chi connectivity index (χ4v) is 3.66. The van der Waals surface area contributed by atoms with E-state index in [9.17, 15) is 4.39 Å². The predicted molar refractivity (Wildman–Crippen MR) is 120 cm³/mol. The van der Waals surface area contributed by atoms with E-state index in [-0.39, 0.29) is 5.82 Å². The molecule has 0 aliphatic heterocycles. The second kappa shape index (κ2) is 9.05. The lowest BCUT2D eigenvalue weighted by molar-refractivity contribution is 0.541. The van der Waals surface area contributed by atoms with Crippen LogP contribution in [-0.2, 0) is 19.5 Å². The smallest absolute Gasteiger partial charge is 0.243 e. The summed E-state index contributed by atoms with van der Waals surface area (Å²) in [7, 11) is 0. The highest BCUT2D eigenvalue weighted by Gasteiger charge is 2.10. The molecule has 32 heavy (non-hydrogen) atoms. The minimum atomic E-state index is -0.277. The van der Waals surface area contributed by atoms with Crippen LogP contribution in [0, 0.1) is 5.82 Å². The van der Waals surface area contributed by atoms with Gasteiger partial charge in [-0.3, -0.25) is 4.68 Å². The van der Waals surface area contributed by atoms with Gasteiger partial charge in [0, 0.05) is 29.3 Å². The van der Waals surface area contributed by atoms with Crippen LogP contribution in [0.2, 0.25) is 0 Å². The van der Waals surface area contributed by atoms with Gasteiger partial charge in [0.15, 0.2) is 0 Å². The van der Waals surface area contributed by atoms with Crippen molar-refractivity contribution in [3.05, 3.63) is 84.3 Å². The van der Waals surface area contributed by atoms with Gasteiger partial charge >= 0.3 is 0 Å². The van der Waals surface area contributed by atoms with E-state index < -0.39 is 0 Å². The van der Waals surface area contributed by atoms with Crippen LogP contribution in [0.15, 0.2) is 71.6 Å². The second-order valence-corrected chi connectivity index (χ2v) is 7.73. The Morgan fingerprint density at radius 2 is 1.97 bits per heavy atom. The summed E-state index contributed by atoms with van der Waals surface area (Å²) in [6.07, 6.45) is 8.45. The molecule has 0 atom stereocenters. The summed E-state index contributed by atoms with van der Waals surface area (Å²) >= 11 is 0. The number of aromatic nitrogens is 5. The molecule has 0 saturated carbocycles. The van der Waals surface area contributed by atoms with Crippen molar-refractivity contribution in [1.82, 2.24) is 25.0 Å². The normalized spacial score (nSPS) is 11.3. The third kappa shape index (κ3) is 4.69. The van der Waals surface area contributed by atoms with Gasteiger partial charge in [-0.25, -0.2) is 9.37 Å². The van der Waals surface area contributed by atoms with Crippen molar-refractivity contribution in [2.24, 2.45) is 0 Å². The van der Waals surface area contributed by atoms with Crippen molar-refractivity contribution >= 4 is 16.6 Å². The maximum atomic E-state index is 13.4. The average Bonchev–Trinajstić information content (AvgIpc) is 3.56. The maximum absolute atomic E-state index is 13.4. The quantitative estimate of drug-likeness (QED) is 0.315. The molecule has 5 rings (SSSR count). The van der Waals surface area contributed by atoms with Gasteiger partial charge < -0.3 is 14.7 Å². The van der Waals surface area contributed by atoms with Crippen molar-refractivity contribution < 1.29 is 8.81 Å². The molecule has 7 nitrogen and oxygen atoms in total. The van der Waals surface area contributed by atoms with Crippen molar-refractivity contribution in [1.29, 1.82) is 0 Å². The largest absolute Gasteiger partial charge is 0.443 e. The SMILES string of the molecule is Fc1ccc2cc(-c3nc(CNc4ccc(CCCCn5ccnn5)cc4)co3)[nH]c2c1. The van der Waals surface area contributed by atoms with E-state index in [0.29, 0.717) is 12.4 Å². The van der Waals surface area contributed by atoms with E-state index >= 15 is 0 Å². The predicted octanol–water partition coefficient (Wildman–Crippen LogP) is 5.19. The Labute approximate surface area is 184 Å². The minimum Gasteiger partial charge on any atom is -0.443 e. The van der Waals surface area contributed by atoms with E-state index in [0.717, 1.165) is 53.8 Å². The highest BCUT2D eigenvalue weighted by Crippen LogP contribution is 2.24. The Kier molecular flexibility index (Phi) is 5.65. The Morgan fingerprint density at radius 1 is 1.06 bits per heavy atom. The molecule has 2 aromatic carbocycles. The highest BCUT2D eigenvalue weighted by atomic mass is 19.1. The van der Waals surface area contributed by atoms with Gasteiger partial charge in [0.25, 0.3) is 0 Å². The summed E-state index contributed by atoms with van der Waals surface area (Å²) in [4.78, 5) is 7.69. The van der Waals surface area contributed by atoms with E-state index in [1.807, 2.05) is 16.9 Å². The van der Waals surface area contributed by atoms with Gasteiger partial charge in [-0.15, -0.1) is 5.10 Å². The van der Waals surface area contributed by atoms with Gasteiger partial charge in [0.2, 0.25) is 5.89 Å². The average molecular weight is 430 g/mol. The second-order valence-electron chi connectivity index (χ2n) is 7.73. The number of benzene rings is 2. The van der Waals surface area contributed by atoms with E-state index in [1.54, 1.807) is 18.5 Å². The van der Waals surface area contributed by atoms with E-state index in [2.05, 4.69) is 49.9 Å². The molecule has 0 aliphatic carbocycles. The molecule has 0 radical (unpaired) electrons. The lowest BCUT2D eigenvalue weighted by atomic mass is 10.1. The molecule has 0 bridgehead atoms. The van der Waals surface area contributed by atoms with Crippen LogP contribution in [0.3, 0.4) is 0 Å². The Balaban J connectivity index is 1.12. The van der Waals surface area contributed by atoms with Crippen molar-refractivity contribution in [3.63, 3.8) is 0 Å². The lowest BCUT2D eigenvalue weighted by Crippen LogP contribution is -2.00. The highest BCUT2D eigenvalue weighted by molar-refractivity contribution is 5.84. The van der Waals surface area contributed by atoms with Crippen LogP contribution in [-0.4, -0.2) is 25.0 Å². The van der Waals surface area contributed by atoms with Gasteiger partial charge in [-0.2, -0.15) is 0 Å². The lowest BCUT2D eigenvalue weighted by Gasteiger charge is -2.06. The molecule has 3 heterocycles. The minimum absolute atomic E-state index is 0.277. The number of nitrogens with zero attached hydrogens (tertiary/aromatic N) is 4. The number of hydrogen-bond acceptors (Lipinski definition) is 5. The number of hydrogen-bond donors (Lipinski definition) is 2. The molecule has 162 valence electrons. The summed E-state index contributed by atoms with van der Waals surface area (Å²) in [5, 5.41) is 12.1. The standard InChI is InChI=1S/C24H23FN6O/c25-19-7-6-18-13-23(29-22(18)14-19)24-28-21(16-32-24)15-26-20-8-4-17(5-9-20)3-1-2-11-31-12-10-27-30-31/h4-10,12-14,16,26,29H,1-3,11,15H2. The van der Waals surface area contributed by atoms with Gasteiger partial charge in [-0.05, 0) is 61.2 Å². The maximum Gasteiger partial charge on any atom is 0.243 e. The topological polar surface area (TPSA) is 84.6 Å². The van der Waals surface area contributed by atoms with Gasteiger partial charge in [-0.1, -0.05) is 17.3 Å². The number of rotatable bonds is 9. The molecule has 0 unspecified atom stereocenters. The number of fused-ring (bicyclic) bond motifs is 1. The Bertz CT molecular complexity index is 1290.